The van der Waals surface area contributed by atoms with Gasteiger partial charge in [-0.25, -0.2) is 14.2 Å². The van der Waals surface area contributed by atoms with Gasteiger partial charge < -0.3 is 29.9 Å². The lowest BCUT2D eigenvalue weighted by molar-refractivity contribution is -0.153. The van der Waals surface area contributed by atoms with Crippen LogP contribution in [0, 0.1) is 18.8 Å². The molecule has 62 heavy (non-hydrogen) atoms. The van der Waals surface area contributed by atoms with Crippen LogP contribution >= 0.6 is 7.82 Å². The number of likely N-dealkylation sites (tertiary alicyclic amines) is 1. The SMILES string of the molecule is CCC(CC(=O)OCOC(=O)N1CCCC1COP(=O)(OCc1ccccc1)OCc1ccccc1)c1ccc(N(CC(C)C)CC(C)C)c(NC(=O)Nc2ccc(C)cc2)c1. The van der Waals surface area contributed by atoms with Crippen molar-refractivity contribution in [3.05, 3.63) is 125 Å². The number of anilines is 3. The average molecular weight is 871 g/mol. The van der Waals surface area contributed by atoms with E-state index in [1.807, 2.05) is 117 Å². The van der Waals surface area contributed by atoms with E-state index in [1.165, 1.54) is 4.90 Å². The highest BCUT2D eigenvalue weighted by molar-refractivity contribution is 7.48. The first-order valence-corrected chi connectivity index (χ1v) is 23.0. The van der Waals surface area contributed by atoms with E-state index in [9.17, 15) is 18.9 Å². The molecule has 1 heterocycles. The van der Waals surface area contributed by atoms with Crippen molar-refractivity contribution in [1.82, 2.24) is 4.90 Å². The maximum atomic E-state index is 13.8. The number of urea groups is 1. The quantitative estimate of drug-likeness (QED) is 0.0445. The number of ether oxygens (including phenoxy) is 2. The van der Waals surface area contributed by atoms with Gasteiger partial charge in [-0.05, 0) is 84.9 Å². The predicted octanol–water partition coefficient (Wildman–Crippen LogP) is 11.3. The number of aryl methyl sites for hydroxylation is 1. The van der Waals surface area contributed by atoms with Crippen LogP contribution in [0.1, 0.15) is 88.5 Å². The van der Waals surface area contributed by atoms with Gasteiger partial charge in [-0.2, -0.15) is 0 Å². The molecule has 1 fully saturated rings. The van der Waals surface area contributed by atoms with E-state index in [0.29, 0.717) is 49.0 Å². The van der Waals surface area contributed by atoms with Crippen LogP contribution < -0.4 is 15.5 Å². The molecular formula is C48H63N4O9P. The Kier molecular flexibility index (Phi) is 18.4. The summed E-state index contributed by atoms with van der Waals surface area (Å²) in [5, 5.41) is 6.02. The molecule has 2 atom stereocenters. The van der Waals surface area contributed by atoms with E-state index in [4.69, 9.17) is 23.0 Å². The minimum absolute atomic E-state index is 0.0117. The number of rotatable bonds is 22. The van der Waals surface area contributed by atoms with Gasteiger partial charge in [-0.3, -0.25) is 18.4 Å². The first kappa shape index (κ1) is 47.8. The van der Waals surface area contributed by atoms with E-state index in [-0.39, 0.29) is 38.2 Å². The highest BCUT2D eigenvalue weighted by Gasteiger charge is 2.35. The largest absolute Gasteiger partial charge is 0.475 e. The smallest absolute Gasteiger partial charge is 0.428 e. The standard InChI is InChI=1S/C48H63N4O9P/c1-7-40(41-22-25-45(51(29-35(2)3)30-36(4)5)44(27-41)50-47(54)49-42-23-20-37(6)21-24-42)28-46(53)57-34-58-48(55)52-26-14-19-43(52)33-61-62(56,59-31-38-15-10-8-11-16-38)60-32-39-17-12-9-13-18-39/h8-13,15-18,20-25,27,35-36,40,43H,7,14,19,26,28-34H2,1-6H3,(H2,49,50,54). The van der Waals surface area contributed by atoms with Gasteiger partial charge in [-0.15, -0.1) is 0 Å². The number of esters is 1. The second-order valence-corrected chi connectivity index (χ2v) is 18.2. The molecule has 334 valence electrons. The molecule has 0 bridgehead atoms. The molecule has 2 N–H and O–H groups in total. The topological polar surface area (TPSA) is 145 Å². The number of hydrogen-bond acceptors (Lipinski definition) is 10. The molecule has 5 rings (SSSR count). The van der Waals surface area contributed by atoms with Gasteiger partial charge in [0.2, 0.25) is 6.79 Å². The molecule has 4 aromatic carbocycles. The minimum Gasteiger partial charge on any atom is -0.428 e. The first-order valence-electron chi connectivity index (χ1n) is 21.5. The molecule has 0 spiro atoms. The number of carbonyl (C=O) groups excluding carboxylic acids is 3. The third kappa shape index (κ3) is 15.3. The summed E-state index contributed by atoms with van der Waals surface area (Å²) in [5.41, 5.74) is 5.77. The van der Waals surface area contributed by atoms with Crippen LogP contribution in [0.15, 0.2) is 103 Å². The van der Waals surface area contributed by atoms with Crippen molar-refractivity contribution in [2.45, 2.75) is 92.4 Å². The maximum absolute atomic E-state index is 13.8. The van der Waals surface area contributed by atoms with Gasteiger partial charge in [0.25, 0.3) is 0 Å². The zero-order chi connectivity index (χ0) is 44.5. The van der Waals surface area contributed by atoms with E-state index in [0.717, 1.165) is 41.0 Å². The number of phosphoric acid groups is 1. The Morgan fingerprint density at radius 1 is 0.790 bits per heavy atom. The van der Waals surface area contributed by atoms with Crippen molar-refractivity contribution in [2.24, 2.45) is 11.8 Å². The van der Waals surface area contributed by atoms with Crippen LogP contribution in [0.3, 0.4) is 0 Å². The number of carbonyl (C=O) groups is 3. The minimum atomic E-state index is -4.06. The van der Waals surface area contributed by atoms with Gasteiger partial charge >= 0.3 is 25.9 Å². The second-order valence-electron chi connectivity index (χ2n) is 16.5. The van der Waals surface area contributed by atoms with E-state index < -0.39 is 32.7 Å². The van der Waals surface area contributed by atoms with Crippen LogP contribution in [0.5, 0.6) is 0 Å². The average Bonchev–Trinajstić information content (AvgIpc) is 3.74. The third-order valence-corrected chi connectivity index (χ3v) is 11.7. The monoisotopic (exact) mass is 870 g/mol. The van der Waals surface area contributed by atoms with Crippen molar-refractivity contribution < 1.29 is 42.0 Å². The fraction of sp³-hybridized carbons (Fsp3) is 0.438. The van der Waals surface area contributed by atoms with E-state index in [1.54, 1.807) is 0 Å². The molecule has 4 aromatic rings. The van der Waals surface area contributed by atoms with Crippen molar-refractivity contribution in [2.75, 3.05) is 48.6 Å². The fourth-order valence-electron chi connectivity index (χ4n) is 7.24. The van der Waals surface area contributed by atoms with Gasteiger partial charge in [0.15, 0.2) is 0 Å². The Bertz CT molecular complexity index is 2010. The normalized spacial score (nSPS) is 14.5. The van der Waals surface area contributed by atoms with Crippen LogP contribution in [-0.4, -0.2) is 62.1 Å². The third-order valence-electron chi connectivity index (χ3n) is 10.4. The van der Waals surface area contributed by atoms with E-state index >= 15 is 0 Å². The number of amides is 3. The summed E-state index contributed by atoms with van der Waals surface area (Å²) in [5.74, 6) is -0.00357. The molecule has 1 aliphatic rings. The van der Waals surface area contributed by atoms with Crippen molar-refractivity contribution >= 4 is 43.0 Å². The summed E-state index contributed by atoms with van der Waals surface area (Å²) in [6.45, 7) is 14.0. The van der Waals surface area contributed by atoms with Crippen molar-refractivity contribution in [3.63, 3.8) is 0 Å². The summed E-state index contributed by atoms with van der Waals surface area (Å²) in [6.07, 6.45) is 1.24. The first-order chi connectivity index (χ1) is 29.8. The van der Waals surface area contributed by atoms with Gasteiger partial charge in [0.1, 0.15) is 0 Å². The molecule has 13 nitrogen and oxygen atoms in total. The molecule has 1 aliphatic heterocycles. The Morgan fingerprint density at radius 2 is 1.40 bits per heavy atom. The molecule has 0 radical (unpaired) electrons. The van der Waals surface area contributed by atoms with Crippen molar-refractivity contribution in [3.8, 4) is 0 Å². The van der Waals surface area contributed by atoms with Crippen LogP contribution in [0.25, 0.3) is 0 Å². The number of nitrogens with zero attached hydrogens (tertiary/aromatic N) is 2. The second kappa shape index (κ2) is 23.9. The Labute approximate surface area is 367 Å². The highest BCUT2D eigenvalue weighted by Crippen LogP contribution is 2.51. The number of hydrogen-bond donors (Lipinski definition) is 2. The molecule has 0 saturated carbocycles. The van der Waals surface area contributed by atoms with Crippen LogP contribution in [-0.2, 0) is 45.6 Å². The molecular weight excluding hydrogens is 808 g/mol. The van der Waals surface area contributed by atoms with Gasteiger partial charge in [0, 0.05) is 25.3 Å². The van der Waals surface area contributed by atoms with E-state index in [2.05, 4.69) is 43.2 Å². The Balaban J connectivity index is 1.18. The van der Waals surface area contributed by atoms with Gasteiger partial charge in [0.05, 0.1) is 43.7 Å². The van der Waals surface area contributed by atoms with Crippen LogP contribution in [0.2, 0.25) is 0 Å². The summed E-state index contributed by atoms with van der Waals surface area (Å²) in [6, 6.07) is 31.3. The molecule has 3 amide bonds. The van der Waals surface area contributed by atoms with Gasteiger partial charge in [-0.1, -0.05) is 119 Å². The molecule has 0 aliphatic carbocycles. The highest BCUT2D eigenvalue weighted by atomic mass is 31.2. The lowest BCUT2D eigenvalue weighted by atomic mass is 9.92. The summed E-state index contributed by atoms with van der Waals surface area (Å²) in [4.78, 5) is 43.6. The lowest BCUT2D eigenvalue weighted by Gasteiger charge is -2.31. The molecule has 1 saturated heterocycles. The fourth-order valence-corrected chi connectivity index (χ4v) is 8.43. The lowest BCUT2D eigenvalue weighted by Crippen LogP contribution is -2.39. The molecule has 0 aromatic heterocycles. The Morgan fingerprint density at radius 3 is 1.98 bits per heavy atom. The molecule has 14 heteroatoms. The molecule has 2 unspecified atom stereocenters. The number of phosphoric ester groups is 1. The summed E-state index contributed by atoms with van der Waals surface area (Å²) >= 11 is 0. The number of benzene rings is 4. The summed E-state index contributed by atoms with van der Waals surface area (Å²) < 4.78 is 42.0. The maximum Gasteiger partial charge on any atom is 0.475 e. The zero-order valence-corrected chi connectivity index (χ0v) is 37.8. The van der Waals surface area contributed by atoms with Crippen LogP contribution in [0.4, 0.5) is 26.7 Å². The van der Waals surface area contributed by atoms with Crippen molar-refractivity contribution in [1.29, 1.82) is 0 Å². The number of nitrogens with one attached hydrogen (secondary N) is 2. The Hall–Kier alpha value is -5.20. The zero-order valence-electron chi connectivity index (χ0n) is 36.9. The predicted molar refractivity (Wildman–Crippen MR) is 243 cm³/mol. The summed E-state index contributed by atoms with van der Waals surface area (Å²) in [7, 11) is -4.06.